The van der Waals surface area contributed by atoms with Crippen LogP contribution >= 0.6 is 0 Å². The fraction of sp³-hybridized carbons (Fsp3) is 1.00. The molecule has 0 spiro atoms. The van der Waals surface area contributed by atoms with Crippen LogP contribution in [0.1, 0.15) is 44.9 Å². The number of aliphatic hydroxyl groups is 1. The van der Waals surface area contributed by atoms with Gasteiger partial charge in [-0.2, -0.15) is 0 Å². The van der Waals surface area contributed by atoms with E-state index in [0.717, 1.165) is 45.5 Å². The molecule has 2 fully saturated rings. The predicted molar refractivity (Wildman–Crippen MR) is 62.4 cm³/mol. The summed E-state index contributed by atoms with van der Waals surface area (Å²) in [5.41, 5.74) is 0. The first-order valence-electron chi connectivity index (χ1n) is 6.73. The van der Waals surface area contributed by atoms with Crippen molar-refractivity contribution in [2.45, 2.75) is 57.2 Å². The molecule has 2 heterocycles. The van der Waals surface area contributed by atoms with E-state index < -0.39 is 0 Å². The molecule has 0 bridgehead atoms. The molecular weight excluding hydrogens is 204 g/mol. The molecule has 0 aromatic rings. The largest absolute Gasteiger partial charge is 0.393 e. The molecule has 0 saturated carbocycles. The van der Waals surface area contributed by atoms with Crippen LogP contribution in [0.2, 0.25) is 0 Å². The van der Waals surface area contributed by atoms with E-state index in [2.05, 4.69) is 0 Å². The zero-order valence-electron chi connectivity index (χ0n) is 10.1. The summed E-state index contributed by atoms with van der Waals surface area (Å²) in [4.78, 5) is 0. The maximum absolute atomic E-state index is 10.1. The van der Waals surface area contributed by atoms with Crippen molar-refractivity contribution >= 4 is 0 Å². The van der Waals surface area contributed by atoms with Crippen molar-refractivity contribution in [3.8, 4) is 0 Å². The van der Waals surface area contributed by atoms with E-state index in [1.54, 1.807) is 0 Å². The Bertz CT molecular complexity index is 184. The van der Waals surface area contributed by atoms with Crippen LogP contribution in [0.15, 0.2) is 0 Å². The quantitative estimate of drug-likeness (QED) is 0.801. The molecule has 0 aromatic heterocycles. The van der Waals surface area contributed by atoms with Gasteiger partial charge in [0.05, 0.1) is 18.8 Å². The fourth-order valence-electron chi connectivity index (χ4n) is 2.70. The Hall–Kier alpha value is -0.120. The highest BCUT2D eigenvalue weighted by molar-refractivity contribution is 4.74. The van der Waals surface area contributed by atoms with Gasteiger partial charge in [-0.1, -0.05) is 0 Å². The lowest BCUT2D eigenvalue weighted by atomic mass is 9.91. The third kappa shape index (κ3) is 3.72. The Kier molecular flexibility index (Phi) is 5.07. The summed E-state index contributed by atoms with van der Waals surface area (Å²) in [6, 6.07) is 0. The van der Waals surface area contributed by atoms with Gasteiger partial charge in [0.25, 0.3) is 0 Å². The minimum absolute atomic E-state index is 0.189. The number of rotatable bonds is 4. The van der Waals surface area contributed by atoms with Crippen LogP contribution in [-0.2, 0) is 9.47 Å². The molecule has 3 heteroatoms. The summed E-state index contributed by atoms with van der Waals surface area (Å²) in [6.07, 6.45) is 7.97. The lowest BCUT2D eigenvalue weighted by molar-refractivity contribution is -0.0299. The zero-order valence-corrected chi connectivity index (χ0v) is 10.1. The fourth-order valence-corrected chi connectivity index (χ4v) is 2.70. The first kappa shape index (κ1) is 12.3. The molecule has 3 unspecified atom stereocenters. The molecule has 1 N–H and O–H groups in total. The minimum atomic E-state index is -0.189. The molecule has 0 amide bonds. The summed E-state index contributed by atoms with van der Waals surface area (Å²) in [5.74, 6) is 0.359. The average molecular weight is 228 g/mol. The second-order valence-electron chi connectivity index (χ2n) is 5.11. The molecular formula is C13H24O3. The topological polar surface area (TPSA) is 38.7 Å². The van der Waals surface area contributed by atoms with Gasteiger partial charge in [-0.25, -0.2) is 0 Å². The molecule has 94 valence electrons. The van der Waals surface area contributed by atoms with Gasteiger partial charge in [0.2, 0.25) is 0 Å². The van der Waals surface area contributed by atoms with E-state index >= 15 is 0 Å². The molecule has 0 aromatic carbocycles. The van der Waals surface area contributed by atoms with E-state index in [4.69, 9.17) is 9.47 Å². The molecule has 2 rings (SSSR count). The second-order valence-corrected chi connectivity index (χ2v) is 5.11. The summed E-state index contributed by atoms with van der Waals surface area (Å²) < 4.78 is 11.1. The SMILES string of the molecule is OC(CCC1CCCCO1)C1CCCOC1. The molecule has 0 radical (unpaired) electrons. The maximum atomic E-state index is 10.1. The smallest absolute Gasteiger partial charge is 0.0591 e. The van der Waals surface area contributed by atoms with Crippen molar-refractivity contribution in [2.24, 2.45) is 5.92 Å². The minimum Gasteiger partial charge on any atom is -0.393 e. The van der Waals surface area contributed by atoms with Crippen molar-refractivity contribution in [1.29, 1.82) is 0 Å². The van der Waals surface area contributed by atoms with Crippen LogP contribution in [0, 0.1) is 5.92 Å². The first-order valence-corrected chi connectivity index (χ1v) is 6.73. The molecule has 3 atom stereocenters. The van der Waals surface area contributed by atoms with Gasteiger partial charge in [0.15, 0.2) is 0 Å². The van der Waals surface area contributed by atoms with E-state index in [9.17, 15) is 5.11 Å². The molecule has 2 aliphatic rings. The summed E-state index contributed by atoms with van der Waals surface area (Å²) in [6.45, 7) is 2.52. The van der Waals surface area contributed by atoms with Gasteiger partial charge in [-0.15, -0.1) is 0 Å². The normalized spacial score (nSPS) is 33.6. The monoisotopic (exact) mass is 228 g/mol. The second kappa shape index (κ2) is 6.58. The molecule has 2 aliphatic heterocycles. The highest BCUT2D eigenvalue weighted by Crippen LogP contribution is 2.23. The van der Waals surface area contributed by atoms with E-state index in [1.165, 1.54) is 19.3 Å². The van der Waals surface area contributed by atoms with Gasteiger partial charge in [-0.3, -0.25) is 0 Å². The average Bonchev–Trinajstić information content (AvgIpc) is 2.38. The standard InChI is InChI=1S/C13H24O3/c14-13(11-4-3-8-15-10-11)7-6-12-5-1-2-9-16-12/h11-14H,1-10H2. The van der Waals surface area contributed by atoms with Crippen molar-refractivity contribution in [3.63, 3.8) is 0 Å². The van der Waals surface area contributed by atoms with E-state index in [0.29, 0.717) is 12.0 Å². The van der Waals surface area contributed by atoms with Crippen LogP contribution in [-0.4, -0.2) is 37.1 Å². The van der Waals surface area contributed by atoms with Crippen molar-refractivity contribution in [2.75, 3.05) is 19.8 Å². The van der Waals surface area contributed by atoms with E-state index in [-0.39, 0.29) is 6.10 Å². The third-order valence-corrected chi connectivity index (χ3v) is 3.80. The van der Waals surface area contributed by atoms with Gasteiger partial charge in [-0.05, 0) is 44.9 Å². The number of hydrogen-bond donors (Lipinski definition) is 1. The Balaban J connectivity index is 1.63. The number of hydrogen-bond acceptors (Lipinski definition) is 3. The Labute approximate surface area is 98.1 Å². The molecule has 3 nitrogen and oxygen atoms in total. The zero-order chi connectivity index (χ0) is 11.2. The van der Waals surface area contributed by atoms with Crippen molar-refractivity contribution < 1.29 is 14.6 Å². The Morgan fingerprint density at radius 3 is 2.75 bits per heavy atom. The van der Waals surface area contributed by atoms with Crippen LogP contribution in [0.25, 0.3) is 0 Å². The van der Waals surface area contributed by atoms with Crippen LogP contribution in [0.3, 0.4) is 0 Å². The summed E-state index contributed by atoms with van der Waals surface area (Å²) in [5, 5.41) is 10.1. The first-order chi connectivity index (χ1) is 7.86. The van der Waals surface area contributed by atoms with Crippen LogP contribution < -0.4 is 0 Å². The Morgan fingerprint density at radius 2 is 2.06 bits per heavy atom. The molecule has 16 heavy (non-hydrogen) atoms. The van der Waals surface area contributed by atoms with Crippen molar-refractivity contribution in [1.82, 2.24) is 0 Å². The van der Waals surface area contributed by atoms with Crippen LogP contribution in [0.5, 0.6) is 0 Å². The number of aliphatic hydroxyl groups excluding tert-OH is 1. The number of ether oxygens (including phenoxy) is 2. The summed E-state index contributed by atoms with van der Waals surface area (Å²) in [7, 11) is 0. The van der Waals surface area contributed by atoms with Gasteiger partial charge in [0.1, 0.15) is 0 Å². The molecule has 0 aliphatic carbocycles. The predicted octanol–water partition coefficient (Wildman–Crippen LogP) is 2.12. The van der Waals surface area contributed by atoms with Gasteiger partial charge >= 0.3 is 0 Å². The lowest BCUT2D eigenvalue weighted by Gasteiger charge is -2.28. The van der Waals surface area contributed by atoms with Gasteiger partial charge < -0.3 is 14.6 Å². The highest BCUT2D eigenvalue weighted by Gasteiger charge is 2.23. The van der Waals surface area contributed by atoms with Crippen LogP contribution in [0.4, 0.5) is 0 Å². The lowest BCUT2D eigenvalue weighted by Crippen LogP contribution is -2.30. The molecule has 2 saturated heterocycles. The summed E-state index contributed by atoms with van der Waals surface area (Å²) >= 11 is 0. The third-order valence-electron chi connectivity index (χ3n) is 3.80. The van der Waals surface area contributed by atoms with Crippen molar-refractivity contribution in [3.05, 3.63) is 0 Å². The maximum Gasteiger partial charge on any atom is 0.0591 e. The highest BCUT2D eigenvalue weighted by atomic mass is 16.5. The Morgan fingerprint density at radius 1 is 1.12 bits per heavy atom. The van der Waals surface area contributed by atoms with E-state index in [1.807, 2.05) is 0 Å². The van der Waals surface area contributed by atoms with Gasteiger partial charge in [0, 0.05) is 19.1 Å².